The van der Waals surface area contributed by atoms with E-state index in [1.807, 2.05) is 0 Å². The maximum absolute atomic E-state index is 12.2. The summed E-state index contributed by atoms with van der Waals surface area (Å²) in [5.41, 5.74) is 0.894. The third-order valence-corrected chi connectivity index (χ3v) is 2.92. The Hall–Kier alpha value is -3.48. The lowest BCUT2D eigenvalue weighted by Crippen LogP contribution is -2.37. The van der Waals surface area contributed by atoms with Crippen LogP contribution >= 0.6 is 0 Å². The van der Waals surface area contributed by atoms with Crippen LogP contribution in [0.25, 0.3) is 6.08 Å². The van der Waals surface area contributed by atoms with Gasteiger partial charge in [-0.05, 0) is 29.8 Å². The van der Waals surface area contributed by atoms with Gasteiger partial charge in [-0.15, -0.1) is 0 Å². The number of nitrogens with one attached hydrogen (secondary N) is 2. The van der Waals surface area contributed by atoms with E-state index in [2.05, 4.69) is 15.6 Å². The first-order chi connectivity index (χ1) is 11.6. The van der Waals surface area contributed by atoms with Crippen LogP contribution in [0.2, 0.25) is 0 Å². The van der Waals surface area contributed by atoms with E-state index >= 15 is 0 Å². The van der Waals surface area contributed by atoms with Gasteiger partial charge >= 0.3 is 5.97 Å². The zero-order valence-electron chi connectivity index (χ0n) is 12.6. The van der Waals surface area contributed by atoms with Gasteiger partial charge in [0.2, 0.25) is 0 Å². The highest BCUT2D eigenvalue weighted by molar-refractivity contribution is 6.05. The molecule has 0 spiro atoms. The molecule has 2 amide bonds. The zero-order valence-corrected chi connectivity index (χ0v) is 12.6. The summed E-state index contributed by atoms with van der Waals surface area (Å²) in [4.78, 5) is 38.9. The summed E-state index contributed by atoms with van der Waals surface area (Å²) in [6.07, 6.45) is 4.51. The smallest absolute Gasteiger partial charge is 0.322 e. The molecule has 0 radical (unpaired) electrons. The Morgan fingerprint density at radius 1 is 1.08 bits per heavy atom. The number of nitrogens with zero attached hydrogens (tertiary/aromatic N) is 1. The molecular weight excluding hydrogens is 310 g/mol. The molecule has 122 valence electrons. The zero-order chi connectivity index (χ0) is 17.4. The second-order valence-corrected chi connectivity index (χ2v) is 4.74. The summed E-state index contributed by atoms with van der Waals surface area (Å²) in [6.45, 7) is -0.551. The molecule has 0 aliphatic carbocycles. The highest BCUT2D eigenvalue weighted by atomic mass is 16.4. The molecule has 0 bridgehead atoms. The fourth-order valence-corrected chi connectivity index (χ4v) is 1.82. The van der Waals surface area contributed by atoms with Gasteiger partial charge in [0.05, 0.1) is 0 Å². The number of carboxylic acid groups (broad SMARTS) is 1. The first-order valence-corrected chi connectivity index (χ1v) is 7.04. The van der Waals surface area contributed by atoms with Crippen LogP contribution in [0.4, 0.5) is 0 Å². The van der Waals surface area contributed by atoms with E-state index < -0.39 is 24.3 Å². The predicted octanol–water partition coefficient (Wildman–Crippen LogP) is 1.05. The van der Waals surface area contributed by atoms with Crippen LogP contribution in [0.3, 0.4) is 0 Å². The molecule has 3 N–H and O–H groups in total. The van der Waals surface area contributed by atoms with Crippen molar-refractivity contribution < 1.29 is 19.5 Å². The first-order valence-electron chi connectivity index (χ1n) is 7.04. The minimum atomic E-state index is -1.18. The molecule has 1 heterocycles. The van der Waals surface area contributed by atoms with E-state index in [9.17, 15) is 14.4 Å². The number of benzene rings is 1. The number of pyridine rings is 1. The summed E-state index contributed by atoms with van der Waals surface area (Å²) < 4.78 is 0. The number of aliphatic carboxylic acids is 1. The van der Waals surface area contributed by atoms with Gasteiger partial charge in [0.1, 0.15) is 12.2 Å². The van der Waals surface area contributed by atoms with Crippen molar-refractivity contribution >= 4 is 23.9 Å². The number of hydrogen-bond donors (Lipinski definition) is 3. The van der Waals surface area contributed by atoms with Crippen LogP contribution in [0.5, 0.6) is 0 Å². The third kappa shape index (κ3) is 5.06. The fourth-order valence-electron chi connectivity index (χ4n) is 1.82. The number of aromatic nitrogens is 1. The van der Waals surface area contributed by atoms with Gasteiger partial charge in [-0.1, -0.05) is 24.3 Å². The normalized spacial score (nSPS) is 10.8. The highest BCUT2D eigenvalue weighted by Gasteiger charge is 2.15. The highest BCUT2D eigenvalue weighted by Crippen LogP contribution is 2.06. The molecule has 1 aromatic heterocycles. The summed E-state index contributed by atoms with van der Waals surface area (Å²) in [6, 6.07) is 11.7. The molecule has 0 saturated heterocycles. The number of carbonyl (C=O) groups excluding carboxylic acids is 2. The minimum Gasteiger partial charge on any atom is -0.480 e. The van der Waals surface area contributed by atoms with Crippen molar-refractivity contribution in [1.82, 2.24) is 15.6 Å². The molecule has 0 unspecified atom stereocenters. The Morgan fingerprint density at radius 3 is 2.46 bits per heavy atom. The molecule has 0 aliphatic heterocycles. The number of amides is 2. The third-order valence-electron chi connectivity index (χ3n) is 2.92. The lowest BCUT2D eigenvalue weighted by Gasteiger charge is -2.10. The van der Waals surface area contributed by atoms with Gasteiger partial charge in [0, 0.05) is 18.0 Å². The van der Waals surface area contributed by atoms with Gasteiger partial charge in [-0.25, -0.2) is 0 Å². The average molecular weight is 325 g/mol. The molecule has 2 aromatic rings. The Balaban J connectivity index is 2.22. The molecular formula is C17H15N3O4. The minimum absolute atomic E-state index is 0.0712. The van der Waals surface area contributed by atoms with Crippen LogP contribution in [-0.2, 0) is 9.59 Å². The quantitative estimate of drug-likeness (QED) is 0.688. The second-order valence-electron chi connectivity index (χ2n) is 4.74. The van der Waals surface area contributed by atoms with Crippen molar-refractivity contribution in [2.45, 2.75) is 0 Å². The van der Waals surface area contributed by atoms with Crippen molar-refractivity contribution in [2.24, 2.45) is 0 Å². The lowest BCUT2D eigenvalue weighted by atomic mass is 10.2. The van der Waals surface area contributed by atoms with Gasteiger partial charge in [0.15, 0.2) is 0 Å². The van der Waals surface area contributed by atoms with E-state index in [0.29, 0.717) is 11.1 Å². The van der Waals surface area contributed by atoms with E-state index in [1.54, 1.807) is 48.7 Å². The molecule has 0 fully saturated rings. The van der Waals surface area contributed by atoms with E-state index in [-0.39, 0.29) is 5.70 Å². The van der Waals surface area contributed by atoms with Gasteiger partial charge in [-0.3, -0.25) is 19.4 Å². The van der Waals surface area contributed by atoms with Crippen molar-refractivity contribution in [2.75, 3.05) is 6.54 Å². The lowest BCUT2D eigenvalue weighted by molar-refractivity contribution is -0.137. The molecule has 0 saturated carbocycles. The summed E-state index contributed by atoms with van der Waals surface area (Å²) in [5, 5.41) is 13.4. The Kier molecular flexibility index (Phi) is 5.79. The van der Waals surface area contributed by atoms with E-state index in [1.165, 1.54) is 12.3 Å². The Morgan fingerprint density at radius 2 is 1.83 bits per heavy atom. The molecule has 7 heteroatoms. The average Bonchev–Trinajstić information content (AvgIpc) is 2.60. The Bertz CT molecular complexity index is 758. The molecule has 24 heavy (non-hydrogen) atoms. The first kappa shape index (κ1) is 16.9. The van der Waals surface area contributed by atoms with Gasteiger partial charge in [-0.2, -0.15) is 0 Å². The summed E-state index contributed by atoms with van der Waals surface area (Å²) >= 11 is 0. The van der Waals surface area contributed by atoms with Crippen molar-refractivity contribution in [1.29, 1.82) is 0 Å². The van der Waals surface area contributed by atoms with Crippen molar-refractivity contribution in [3.63, 3.8) is 0 Å². The van der Waals surface area contributed by atoms with Crippen molar-refractivity contribution in [3.8, 4) is 0 Å². The molecule has 7 nitrogen and oxygen atoms in total. The molecule has 1 aromatic carbocycles. The van der Waals surface area contributed by atoms with Crippen molar-refractivity contribution in [3.05, 3.63) is 71.7 Å². The standard InChI is InChI=1S/C17H15N3O4/c21-15(22)11-19-17(24)14(9-12-5-4-8-18-10-12)20-16(23)13-6-2-1-3-7-13/h1-10H,11H2,(H,19,24)(H,20,23)(H,21,22)/b14-9-. The number of carboxylic acids is 1. The monoisotopic (exact) mass is 325 g/mol. The molecule has 0 atom stereocenters. The topological polar surface area (TPSA) is 108 Å². The SMILES string of the molecule is O=C(O)CNC(=O)/C(=C/c1cccnc1)NC(=O)c1ccccc1. The van der Waals surface area contributed by atoms with Gasteiger partial charge in [0.25, 0.3) is 11.8 Å². The largest absolute Gasteiger partial charge is 0.480 e. The predicted molar refractivity (Wildman–Crippen MR) is 86.8 cm³/mol. The number of carbonyl (C=O) groups is 3. The molecule has 2 rings (SSSR count). The maximum atomic E-state index is 12.2. The fraction of sp³-hybridized carbons (Fsp3) is 0.0588. The van der Waals surface area contributed by atoms with Crippen LogP contribution in [0.15, 0.2) is 60.6 Å². The second kappa shape index (κ2) is 8.23. The van der Waals surface area contributed by atoms with Crippen LogP contribution in [-0.4, -0.2) is 34.4 Å². The maximum Gasteiger partial charge on any atom is 0.322 e. The summed E-state index contributed by atoms with van der Waals surface area (Å²) in [7, 11) is 0. The summed E-state index contributed by atoms with van der Waals surface area (Å²) in [5.74, 6) is -2.36. The van der Waals surface area contributed by atoms with Crippen LogP contribution in [0, 0.1) is 0 Å². The molecule has 0 aliphatic rings. The van der Waals surface area contributed by atoms with Crippen LogP contribution in [0.1, 0.15) is 15.9 Å². The number of rotatable bonds is 6. The van der Waals surface area contributed by atoms with Gasteiger partial charge < -0.3 is 15.7 Å². The number of hydrogen-bond acceptors (Lipinski definition) is 4. The van der Waals surface area contributed by atoms with E-state index in [0.717, 1.165) is 0 Å². The van der Waals surface area contributed by atoms with Crippen LogP contribution < -0.4 is 10.6 Å². The Labute approximate surface area is 138 Å². The van der Waals surface area contributed by atoms with E-state index in [4.69, 9.17) is 5.11 Å².